The summed E-state index contributed by atoms with van der Waals surface area (Å²) in [5.41, 5.74) is 8.76. The molecule has 3 N–H and O–H groups in total. The Morgan fingerprint density at radius 1 is 1.08 bits per heavy atom. The summed E-state index contributed by atoms with van der Waals surface area (Å²) in [6, 6.07) is 14.9. The molecule has 0 saturated heterocycles. The highest BCUT2D eigenvalue weighted by Gasteiger charge is 2.29. The van der Waals surface area contributed by atoms with Gasteiger partial charge in [0.05, 0.1) is 21.2 Å². The van der Waals surface area contributed by atoms with Gasteiger partial charge in [0.15, 0.2) is 15.5 Å². The standard InChI is InChI=1S/C26H20ClN5O6S/c1-39(37,38)18-8-6-17(7-9-18)31-24-19(23(30-31)25(28)33)10-3-14-2-5-16(13-20(14)24)29-26(34)21-12-15(27)4-11-22(21)32(35)36/h2,4-9,11-13H,3,10H2,1H3,(H2,28,33)(H,29,34). The number of sulfone groups is 1. The molecule has 0 bridgehead atoms. The summed E-state index contributed by atoms with van der Waals surface area (Å²) in [7, 11) is -3.42. The Morgan fingerprint density at radius 3 is 2.44 bits per heavy atom. The zero-order valence-electron chi connectivity index (χ0n) is 20.3. The van der Waals surface area contributed by atoms with E-state index in [2.05, 4.69) is 10.4 Å². The topological polar surface area (TPSA) is 167 Å². The highest BCUT2D eigenvalue weighted by atomic mass is 35.5. The Balaban J connectivity index is 1.60. The number of anilines is 1. The first-order valence-electron chi connectivity index (χ1n) is 11.5. The van der Waals surface area contributed by atoms with Crippen molar-refractivity contribution >= 4 is 44.6 Å². The molecule has 0 unspecified atom stereocenters. The van der Waals surface area contributed by atoms with Crippen LogP contribution >= 0.6 is 11.6 Å². The second-order valence-electron chi connectivity index (χ2n) is 8.96. The Morgan fingerprint density at radius 2 is 1.79 bits per heavy atom. The molecule has 39 heavy (non-hydrogen) atoms. The fourth-order valence-corrected chi connectivity index (χ4v) is 5.39. The molecule has 0 fully saturated rings. The average Bonchev–Trinajstić information content (AvgIpc) is 3.28. The van der Waals surface area contributed by atoms with Crippen LogP contribution in [0.1, 0.15) is 32.0 Å². The van der Waals surface area contributed by atoms with Gasteiger partial charge in [-0.2, -0.15) is 5.10 Å². The van der Waals surface area contributed by atoms with E-state index in [1.807, 2.05) is 6.07 Å². The van der Waals surface area contributed by atoms with Crippen LogP contribution in [0.3, 0.4) is 0 Å². The summed E-state index contributed by atoms with van der Waals surface area (Å²) >= 11 is 5.97. The molecule has 1 heterocycles. The lowest BCUT2D eigenvalue weighted by Crippen LogP contribution is -2.16. The summed E-state index contributed by atoms with van der Waals surface area (Å²) in [5, 5.41) is 18.7. The Bertz CT molecular complexity index is 1800. The van der Waals surface area contributed by atoms with E-state index in [1.54, 1.807) is 24.3 Å². The maximum atomic E-state index is 13.0. The first kappa shape index (κ1) is 26.1. The predicted octanol–water partition coefficient (Wildman–Crippen LogP) is 3.95. The number of hydrogen-bond acceptors (Lipinski definition) is 7. The molecule has 2 amide bonds. The van der Waals surface area contributed by atoms with E-state index in [1.165, 1.54) is 28.9 Å². The van der Waals surface area contributed by atoms with Crippen molar-refractivity contribution in [1.29, 1.82) is 0 Å². The Labute approximate surface area is 227 Å². The number of aryl methyl sites for hydroxylation is 1. The van der Waals surface area contributed by atoms with Gasteiger partial charge in [0, 0.05) is 34.2 Å². The number of nitro groups is 1. The SMILES string of the molecule is CS(=O)(=O)c1ccc(-n2nc(C(N)=O)c3c2-c2cc(NC(=O)c4cc(Cl)ccc4[N+](=O)[O-])ccc2CC3)cc1. The van der Waals surface area contributed by atoms with Crippen LogP contribution in [0.2, 0.25) is 5.02 Å². The van der Waals surface area contributed by atoms with Gasteiger partial charge in [-0.3, -0.25) is 19.7 Å². The normalized spacial score (nSPS) is 12.4. The third kappa shape index (κ3) is 4.87. The second kappa shape index (κ2) is 9.64. The highest BCUT2D eigenvalue weighted by Crippen LogP contribution is 2.38. The van der Waals surface area contributed by atoms with Crippen molar-refractivity contribution in [3.63, 3.8) is 0 Å². The summed E-state index contributed by atoms with van der Waals surface area (Å²) in [6.45, 7) is 0. The van der Waals surface area contributed by atoms with E-state index in [0.717, 1.165) is 17.9 Å². The molecule has 0 radical (unpaired) electrons. The van der Waals surface area contributed by atoms with Crippen molar-refractivity contribution in [3.8, 4) is 16.9 Å². The fraction of sp³-hybridized carbons (Fsp3) is 0.115. The molecule has 0 saturated carbocycles. The number of rotatable bonds is 6. The second-order valence-corrected chi connectivity index (χ2v) is 11.4. The van der Waals surface area contributed by atoms with E-state index >= 15 is 0 Å². The summed E-state index contributed by atoms with van der Waals surface area (Å²) in [6.07, 6.45) is 2.17. The number of fused-ring (bicyclic) bond motifs is 3. The summed E-state index contributed by atoms with van der Waals surface area (Å²) < 4.78 is 25.3. The van der Waals surface area contributed by atoms with E-state index in [-0.39, 0.29) is 26.9 Å². The van der Waals surface area contributed by atoms with E-state index in [0.29, 0.717) is 41.0 Å². The Kier molecular flexibility index (Phi) is 6.44. The van der Waals surface area contributed by atoms with Gasteiger partial charge in [-0.1, -0.05) is 17.7 Å². The third-order valence-corrected chi connectivity index (χ3v) is 7.76. The minimum absolute atomic E-state index is 0.0897. The van der Waals surface area contributed by atoms with E-state index in [9.17, 15) is 28.1 Å². The number of nitrogens with zero attached hydrogens (tertiary/aromatic N) is 3. The first-order chi connectivity index (χ1) is 18.4. The van der Waals surface area contributed by atoms with Gasteiger partial charge < -0.3 is 11.1 Å². The fourth-order valence-electron chi connectivity index (χ4n) is 4.58. The van der Waals surface area contributed by atoms with Crippen molar-refractivity contribution in [1.82, 2.24) is 9.78 Å². The first-order valence-corrected chi connectivity index (χ1v) is 13.8. The van der Waals surface area contributed by atoms with Gasteiger partial charge in [0.25, 0.3) is 17.5 Å². The predicted molar refractivity (Wildman–Crippen MR) is 144 cm³/mol. The molecule has 198 valence electrons. The number of carbonyl (C=O) groups is 2. The van der Waals surface area contributed by atoms with Gasteiger partial charge in [0.1, 0.15) is 5.56 Å². The number of nitrogens with one attached hydrogen (secondary N) is 1. The number of nitrogens with two attached hydrogens (primary N) is 1. The van der Waals surface area contributed by atoms with Crippen LogP contribution in [-0.2, 0) is 22.7 Å². The molecular weight excluding hydrogens is 546 g/mol. The summed E-state index contributed by atoms with van der Waals surface area (Å²) in [5.74, 6) is -1.43. The Hall–Kier alpha value is -4.55. The van der Waals surface area contributed by atoms with Gasteiger partial charge in [-0.25, -0.2) is 13.1 Å². The molecular formula is C26H20ClN5O6S. The molecule has 3 aromatic carbocycles. The molecule has 4 aromatic rings. The molecule has 0 spiro atoms. The third-order valence-electron chi connectivity index (χ3n) is 6.39. The van der Waals surface area contributed by atoms with Crippen LogP contribution in [0.4, 0.5) is 11.4 Å². The quantitative estimate of drug-likeness (QED) is 0.263. The van der Waals surface area contributed by atoms with Crippen molar-refractivity contribution in [3.05, 3.63) is 98.2 Å². The van der Waals surface area contributed by atoms with Gasteiger partial charge in [-0.15, -0.1) is 0 Å². The zero-order chi connectivity index (χ0) is 28.1. The van der Waals surface area contributed by atoms with E-state index < -0.39 is 26.6 Å². The van der Waals surface area contributed by atoms with Crippen molar-refractivity contribution in [2.45, 2.75) is 17.7 Å². The lowest BCUT2D eigenvalue weighted by atomic mass is 9.88. The number of aromatic nitrogens is 2. The summed E-state index contributed by atoms with van der Waals surface area (Å²) in [4.78, 5) is 36.1. The van der Waals surface area contributed by atoms with Crippen LogP contribution in [0, 0.1) is 10.1 Å². The number of carbonyl (C=O) groups excluding carboxylic acids is 2. The molecule has 1 aliphatic carbocycles. The monoisotopic (exact) mass is 565 g/mol. The largest absolute Gasteiger partial charge is 0.364 e. The van der Waals surface area contributed by atoms with Crippen molar-refractivity contribution < 1.29 is 22.9 Å². The van der Waals surface area contributed by atoms with Crippen LogP contribution in [-0.4, -0.2) is 41.2 Å². The number of benzene rings is 3. The molecule has 5 rings (SSSR count). The maximum absolute atomic E-state index is 13.0. The number of hydrogen-bond donors (Lipinski definition) is 2. The van der Waals surface area contributed by atoms with Crippen LogP contribution in [0.25, 0.3) is 16.9 Å². The highest BCUT2D eigenvalue weighted by molar-refractivity contribution is 7.90. The number of nitro benzene ring substituents is 1. The average molecular weight is 566 g/mol. The molecule has 1 aliphatic rings. The van der Waals surface area contributed by atoms with Gasteiger partial charge >= 0.3 is 0 Å². The molecule has 11 nitrogen and oxygen atoms in total. The van der Waals surface area contributed by atoms with Gasteiger partial charge in [0.2, 0.25) is 0 Å². The number of primary amides is 1. The number of halogens is 1. The van der Waals surface area contributed by atoms with Crippen molar-refractivity contribution in [2.24, 2.45) is 5.73 Å². The van der Waals surface area contributed by atoms with Crippen LogP contribution in [0.15, 0.2) is 65.6 Å². The number of amides is 2. The minimum Gasteiger partial charge on any atom is -0.364 e. The molecule has 1 aromatic heterocycles. The minimum atomic E-state index is -3.42. The van der Waals surface area contributed by atoms with Crippen LogP contribution < -0.4 is 11.1 Å². The molecule has 13 heteroatoms. The van der Waals surface area contributed by atoms with Gasteiger partial charge in [-0.05, 0) is 66.9 Å². The van der Waals surface area contributed by atoms with Crippen molar-refractivity contribution in [2.75, 3.05) is 11.6 Å². The lowest BCUT2D eigenvalue weighted by molar-refractivity contribution is -0.385. The maximum Gasteiger partial charge on any atom is 0.282 e. The molecule has 0 atom stereocenters. The molecule has 0 aliphatic heterocycles. The van der Waals surface area contributed by atoms with Crippen LogP contribution in [0.5, 0.6) is 0 Å². The lowest BCUT2D eigenvalue weighted by Gasteiger charge is -2.20. The smallest absolute Gasteiger partial charge is 0.282 e. The van der Waals surface area contributed by atoms with E-state index in [4.69, 9.17) is 17.3 Å². The zero-order valence-corrected chi connectivity index (χ0v) is 21.9.